The van der Waals surface area contributed by atoms with Crippen LogP contribution in [0, 0.1) is 0 Å². The predicted octanol–water partition coefficient (Wildman–Crippen LogP) is 3.04. The van der Waals surface area contributed by atoms with Crippen molar-refractivity contribution in [2.45, 2.75) is 56.1 Å². The second-order valence-corrected chi connectivity index (χ2v) is 8.00. The molecule has 1 saturated carbocycles. The minimum Gasteiger partial charge on any atom is -0.392 e. The van der Waals surface area contributed by atoms with Gasteiger partial charge < -0.3 is 5.11 Å². The Hall–Kier alpha value is -0.620. The number of rotatable bonds is 5. The molecule has 0 heterocycles. The van der Waals surface area contributed by atoms with Gasteiger partial charge in [0.25, 0.3) is 0 Å². The van der Waals surface area contributed by atoms with Crippen LogP contribution in [0.4, 0.5) is 0 Å². The van der Waals surface area contributed by atoms with Crippen molar-refractivity contribution in [1.29, 1.82) is 0 Å². The summed E-state index contributed by atoms with van der Waals surface area (Å²) < 4.78 is 27.2. The lowest BCUT2D eigenvalue weighted by Gasteiger charge is -2.34. The molecule has 0 aromatic heterocycles. The van der Waals surface area contributed by atoms with Crippen molar-refractivity contribution in [1.82, 2.24) is 4.31 Å². The Kier molecular flexibility index (Phi) is 5.66. The van der Waals surface area contributed by atoms with Crippen LogP contribution in [-0.2, 0) is 10.0 Å². The van der Waals surface area contributed by atoms with Gasteiger partial charge >= 0.3 is 0 Å². The molecule has 1 aromatic carbocycles. The number of benzene rings is 1. The minimum absolute atomic E-state index is 0.0194. The average molecular weight is 332 g/mol. The van der Waals surface area contributed by atoms with Crippen LogP contribution in [0.25, 0.3) is 0 Å². The van der Waals surface area contributed by atoms with Crippen molar-refractivity contribution in [3.8, 4) is 0 Å². The smallest absolute Gasteiger partial charge is 0.243 e. The summed E-state index contributed by atoms with van der Waals surface area (Å²) >= 11 is 5.83. The average Bonchev–Trinajstić information content (AvgIpc) is 2.46. The minimum atomic E-state index is -3.60. The fraction of sp³-hybridized carbons (Fsp3) is 0.600. The standard InChI is InChI=1S/C15H22ClNO3S/c1-12(18)11-17(14-5-3-2-4-6-14)21(19,20)15-9-7-13(16)8-10-15/h7-10,12,14,18H,2-6,11H2,1H3. The fourth-order valence-corrected chi connectivity index (χ4v) is 4.71. The first-order chi connectivity index (χ1) is 9.91. The van der Waals surface area contributed by atoms with Gasteiger partial charge in [-0.1, -0.05) is 30.9 Å². The lowest BCUT2D eigenvalue weighted by Crippen LogP contribution is -2.44. The molecular weight excluding hydrogens is 310 g/mol. The maximum atomic E-state index is 12.9. The number of hydrogen-bond acceptors (Lipinski definition) is 3. The molecule has 1 aromatic rings. The molecule has 0 amide bonds. The zero-order valence-electron chi connectivity index (χ0n) is 12.2. The lowest BCUT2D eigenvalue weighted by atomic mass is 9.95. The van der Waals surface area contributed by atoms with Crippen LogP contribution in [0.15, 0.2) is 29.2 Å². The maximum absolute atomic E-state index is 12.9. The van der Waals surface area contributed by atoms with Crippen molar-refractivity contribution in [2.24, 2.45) is 0 Å². The second-order valence-electron chi connectivity index (χ2n) is 5.67. The third-order valence-electron chi connectivity index (χ3n) is 3.85. The number of aliphatic hydroxyl groups excluding tert-OH is 1. The van der Waals surface area contributed by atoms with Gasteiger partial charge in [-0.3, -0.25) is 0 Å². The van der Waals surface area contributed by atoms with E-state index in [0.29, 0.717) is 5.02 Å². The van der Waals surface area contributed by atoms with Crippen molar-refractivity contribution in [3.05, 3.63) is 29.3 Å². The normalized spacial score (nSPS) is 18.9. The van der Waals surface area contributed by atoms with Crippen LogP contribution < -0.4 is 0 Å². The summed E-state index contributed by atoms with van der Waals surface area (Å²) in [5, 5.41) is 10.2. The molecule has 0 spiro atoms. The molecule has 0 bridgehead atoms. The van der Waals surface area contributed by atoms with Gasteiger partial charge in [-0.25, -0.2) is 8.42 Å². The zero-order chi connectivity index (χ0) is 15.5. The summed E-state index contributed by atoms with van der Waals surface area (Å²) in [7, 11) is -3.60. The third kappa shape index (κ3) is 4.19. The number of aliphatic hydroxyl groups is 1. The monoisotopic (exact) mass is 331 g/mol. The lowest BCUT2D eigenvalue weighted by molar-refractivity contribution is 0.136. The number of hydrogen-bond donors (Lipinski definition) is 1. The molecule has 1 N–H and O–H groups in total. The largest absolute Gasteiger partial charge is 0.392 e. The van der Waals surface area contributed by atoms with Gasteiger partial charge in [0.2, 0.25) is 10.0 Å². The highest BCUT2D eigenvalue weighted by Gasteiger charge is 2.32. The number of sulfonamides is 1. The van der Waals surface area contributed by atoms with Crippen molar-refractivity contribution < 1.29 is 13.5 Å². The van der Waals surface area contributed by atoms with Gasteiger partial charge in [0, 0.05) is 17.6 Å². The Labute approximate surface area is 131 Å². The maximum Gasteiger partial charge on any atom is 0.243 e. The Bertz CT molecular complexity index is 551. The highest BCUT2D eigenvalue weighted by molar-refractivity contribution is 7.89. The fourth-order valence-electron chi connectivity index (χ4n) is 2.81. The molecule has 1 fully saturated rings. The van der Waals surface area contributed by atoms with Gasteiger partial charge in [0.15, 0.2) is 0 Å². The van der Waals surface area contributed by atoms with E-state index in [-0.39, 0.29) is 17.5 Å². The van der Waals surface area contributed by atoms with E-state index < -0.39 is 16.1 Å². The van der Waals surface area contributed by atoms with Crippen LogP contribution in [0.5, 0.6) is 0 Å². The summed E-state index contributed by atoms with van der Waals surface area (Å²) in [6, 6.07) is 6.19. The molecule has 1 unspecified atom stereocenters. The van der Waals surface area contributed by atoms with Gasteiger partial charge in [0.1, 0.15) is 0 Å². The van der Waals surface area contributed by atoms with E-state index in [0.717, 1.165) is 32.1 Å². The van der Waals surface area contributed by atoms with E-state index in [1.165, 1.54) is 16.4 Å². The Morgan fingerprint density at radius 3 is 2.33 bits per heavy atom. The summed E-state index contributed by atoms with van der Waals surface area (Å²) in [6.45, 7) is 1.75. The van der Waals surface area contributed by atoms with E-state index in [1.54, 1.807) is 19.1 Å². The SMILES string of the molecule is CC(O)CN(C1CCCCC1)S(=O)(=O)c1ccc(Cl)cc1. The highest BCUT2D eigenvalue weighted by atomic mass is 35.5. The van der Waals surface area contributed by atoms with Crippen LogP contribution in [0.3, 0.4) is 0 Å². The Morgan fingerprint density at radius 2 is 1.81 bits per heavy atom. The van der Waals surface area contributed by atoms with Gasteiger partial charge in [0.05, 0.1) is 11.0 Å². The second kappa shape index (κ2) is 7.09. The molecule has 0 radical (unpaired) electrons. The van der Waals surface area contributed by atoms with Crippen LogP contribution >= 0.6 is 11.6 Å². The van der Waals surface area contributed by atoms with Crippen molar-refractivity contribution >= 4 is 21.6 Å². The highest BCUT2D eigenvalue weighted by Crippen LogP contribution is 2.28. The van der Waals surface area contributed by atoms with E-state index in [4.69, 9.17) is 11.6 Å². The summed E-state index contributed by atoms with van der Waals surface area (Å²) in [4.78, 5) is 0.234. The summed E-state index contributed by atoms with van der Waals surface area (Å²) in [5.74, 6) is 0. The van der Waals surface area contributed by atoms with Crippen LogP contribution in [0.2, 0.25) is 5.02 Å². The molecule has 0 aliphatic heterocycles. The molecule has 0 saturated heterocycles. The number of nitrogens with zero attached hydrogens (tertiary/aromatic N) is 1. The molecule has 21 heavy (non-hydrogen) atoms. The first-order valence-corrected chi connectivity index (χ1v) is 9.18. The van der Waals surface area contributed by atoms with Crippen molar-refractivity contribution in [2.75, 3.05) is 6.54 Å². The number of halogens is 1. The first kappa shape index (κ1) is 16.7. The molecule has 1 aliphatic rings. The van der Waals surface area contributed by atoms with Gasteiger partial charge in [-0.05, 0) is 44.0 Å². The first-order valence-electron chi connectivity index (χ1n) is 7.37. The molecule has 2 rings (SSSR count). The molecule has 1 aliphatic carbocycles. The van der Waals surface area contributed by atoms with Crippen LogP contribution in [-0.4, -0.2) is 36.5 Å². The van der Waals surface area contributed by atoms with Gasteiger partial charge in [-0.2, -0.15) is 4.31 Å². The summed E-state index contributed by atoms with van der Waals surface area (Å²) in [5.41, 5.74) is 0. The Morgan fingerprint density at radius 1 is 1.24 bits per heavy atom. The van der Waals surface area contributed by atoms with E-state index in [1.807, 2.05) is 0 Å². The van der Waals surface area contributed by atoms with Crippen LogP contribution in [0.1, 0.15) is 39.0 Å². The third-order valence-corrected chi connectivity index (χ3v) is 6.03. The van der Waals surface area contributed by atoms with Gasteiger partial charge in [-0.15, -0.1) is 0 Å². The molecule has 118 valence electrons. The predicted molar refractivity (Wildman–Crippen MR) is 83.9 cm³/mol. The molecule has 6 heteroatoms. The Balaban J connectivity index is 2.31. The van der Waals surface area contributed by atoms with E-state index >= 15 is 0 Å². The quantitative estimate of drug-likeness (QED) is 0.902. The van der Waals surface area contributed by atoms with Crippen molar-refractivity contribution in [3.63, 3.8) is 0 Å². The molecule has 4 nitrogen and oxygen atoms in total. The van der Waals surface area contributed by atoms with E-state index in [2.05, 4.69) is 0 Å². The van der Waals surface area contributed by atoms with E-state index in [9.17, 15) is 13.5 Å². The summed E-state index contributed by atoms with van der Waals surface area (Å²) in [6.07, 6.45) is 4.27. The topological polar surface area (TPSA) is 57.6 Å². The zero-order valence-corrected chi connectivity index (χ0v) is 13.8. The molecular formula is C15H22ClNO3S. The molecule has 1 atom stereocenters.